The molecule has 1 amide bonds. The van der Waals surface area contributed by atoms with Crippen molar-refractivity contribution in [2.45, 2.75) is 58.0 Å². The van der Waals surface area contributed by atoms with Crippen molar-refractivity contribution >= 4 is 22.9 Å². The number of hydrogen-bond donors (Lipinski definition) is 0. The van der Waals surface area contributed by atoms with Crippen LogP contribution in [0.2, 0.25) is 0 Å². The first kappa shape index (κ1) is 25.3. The summed E-state index contributed by atoms with van der Waals surface area (Å²) in [6, 6.07) is 3.84. The first-order chi connectivity index (χ1) is 18.8. The van der Waals surface area contributed by atoms with Crippen LogP contribution in [0, 0.1) is 5.92 Å². The molecule has 6 heterocycles. The highest BCUT2D eigenvalue weighted by Crippen LogP contribution is 2.30. The summed E-state index contributed by atoms with van der Waals surface area (Å²) in [6.07, 6.45) is 10.7. The zero-order valence-corrected chi connectivity index (χ0v) is 22.3. The van der Waals surface area contributed by atoms with Crippen LogP contribution in [0.5, 0.6) is 0 Å². The normalized spacial score (nSPS) is 20.8. The van der Waals surface area contributed by atoms with Gasteiger partial charge in [0, 0.05) is 52.2 Å². The smallest absolute Gasteiger partial charge is 0.227 e. The summed E-state index contributed by atoms with van der Waals surface area (Å²) in [7, 11) is 0. The van der Waals surface area contributed by atoms with E-state index in [-0.39, 0.29) is 11.8 Å². The predicted octanol–water partition coefficient (Wildman–Crippen LogP) is 3.11. The molecule has 6 rings (SSSR count). The van der Waals surface area contributed by atoms with Crippen LogP contribution in [0.4, 0.5) is 5.82 Å². The average Bonchev–Trinajstić information content (AvgIpc) is 3.54. The molecule has 0 bridgehead atoms. The fourth-order valence-corrected chi connectivity index (χ4v) is 6.15. The summed E-state index contributed by atoms with van der Waals surface area (Å²) >= 11 is 0. The fraction of sp³-hybridized carbons (Fsp3) is 0.643. The van der Waals surface area contributed by atoms with Crippen LogP contribution >= 0.6 is 0 Å². The van der Waals surface area contributed by atoms with Crippen LogP contribution in [0.15, 0.2) is 29.1 Å². The molecule has 38 heavy (non-hydrogen) atoms. The molecule has 0 unspecified atom stereocenters. The highest BCUT2D eigenvalue weighted by Gasteiger charge is 2.32. The lowest BCUT2D eigenvalue weighted by Crippen LogP contribution is -2.46. The molecule has 204 valence electrons. The Morgan fingerprint density at radius 2 is 2.00 bits per heavy atom. The molecule has 0 radical (unpaired) electrons. The third kappa shape index (κ3) is 5.56. The molecule has 3 aromatic rings. The highest BCUT2D eigenvalue weighted by atomic mass is 16.5. The van der Waals surface area contributed by atoms with Gasteiger partial charge in [0.1, 0.15) is 17.9 Å². The molecule has 3 aliphatic rings. The number of carbonyl (C=O) groups excluding carboxylic acids is 1. The van der Waals surface area contributed by atoms with E-state index in [1.807, 2.05) is 17.0 Å². The van der Waals surface area contributed by atoms with Crippen molar-refractivity contribution in [2.75, 3.05) is 57.4 Å². The van der Waals surface area contributed by atoms with Crippen LogP contribution in [-0.4, -0.2) is 87.7 Å². The predicted molar refractivity (Wildman–Crippen MR) is 144 cm³/mol. The summed E-state index contributed by atoms with van der Waals surface area (Å²) in [5, 5.41) is 0. The van der Waals surface area contributed by atoms with Crippen molar-refractivity contribution in [2.24, 2.45) is 5.92 Å². The lowest BCUT2D eigenvalue weighted by molar-refractivity contribution is -0.136. The second kappa shape index (κ2) is 11.8. The third-order valence-electron chi connectivity index (χ3n) is 8.19. The molecular weight excluding hydrogens is 482 g/mol. The SMILES string of the molecule is O=C([C@H]1CCCN(c2ncnc3c2nc2n3CCCCC2)C1)N(CCCN1CCOCC1)Cc1ccco1. The minimum atomic E-state index is -0.0763. The van der Waals surface area contributed by atoms with Crippen LogP contribution in [0.1, 0.15) is 50.1 Å². The molecule has 0 aromatic carbocycles. The van der Waals surface area contributed by atoms with E-state index in [4.69, 9.17) is 14.1 Å². The zero-order valence-electron chi connectivity index (χ0n) is 22.3. The molecule has 2 fully saturated rings. The van der Waals surface area contributed by atoms with Crippen LogP contribution in [0.3, 0.4) is 0 Å². The quantitative estimate of drug-likeness (QED) is 0.447. The minimum Gasteiger partial charge on any atom is -0.467 e. The van der Waals surface area contributed by atoms with Crippen molar-refractivity contribution in [3.8, 4) is 0 Å². The van der Waals surface area contributed by atoms with E-state index in [1.54, 1.807) is 12.6 Å². The van der Waals surface area contributed by atoms with Crippen molar-refractivity contribution < 1.29 is 13.9 Å². The summed E-state index contributed by atoms with van der Waals surface area (Å²) in [5.74, 6) is 2.95. The van der Waals surface area contributed by atoms with E-state index < -0.39 is 0 Å². The number of carbonyl (C=O) groups is 1. The molecule has 3 aliphatic heterocycles. The van der Waals surface area contributed by atoms with E-state index >= 15 is 0 Å². The molecule has 10 nitrogen and oxygen atoms in total. The Labute approximate surface area is 224 Å². The van der Waals surface area contributed by atoms with Gasteiger partial charge in [0.05, 0.1) is 31.9 Å². The fourth-order valence-electron chi connectivity index (χ4n) is 6.15. The van der Waals surface area contributed by atoms with Gasteiger partial charge < -0.3 is 23.5 Å². The summed E-state index contributed by atoms with van der Waals surface area (Å²) in [4.78, 5) is 34.9. The molecule has 0 saturated carbocycles. The highest BCUT2D eigenvalue weighted by molar-refractivity contribution is 5.85. The maximum Gasteiger partial charge on any atom is 0.227 e. The summed E-state index contributed by atoms with van der Waals surface area (Å²) in [6.45, 7) is 8.24. The number of rotatable bonds is 8. The summed E-state index contributed by atoms with van der Waals surface area (Å²) in [5.41, 5.74) is 1.82. The second-order valence-corrected chi connectivity index (χ2v) is 10.8. The lowest BCUT2D eigenvalue weighted by atomic mass is 9.96. The Morgan fingerprint density at radius 3 is 2.87 bits per heavy atom. The molecule has 1 atom stereocenters. The maximum atomic E-state index is 13.9. The number of anilines is 1. The Bertz CT molecular complexity index is 1200. The minimum absolute atomic E-state index is 0.0763. The third-order valence-corrected chi connectivity index (χ3v) is 8.19. The van der Waals surface area contributed by atoms with Crippen LogP contribution in [0.25, 0.3) is 11.2 Å². The van der Waals surface area contributed by atoms with Gasteiger partial charge in [-0.15, -0.1) is 0 Å². The van der Waals surface area contributed by atoms with Gasteiger partial charge in [0.2, 0.25) is 5.91 Å². The number of imidazole rings is 1. The van der Waals surface area contributed by atoms with Gasteiger partial charge in [0.25, 0.3) is 0 Å². The van der Waals surface area contributed by atoms with Gasteiger partial charge in [0.15, 0.2) is 17.0 Å². The average molecular weight is 522 g/mol. The lowest BCUT2D eigenvalue weighted by Gasteiger charge is -2.35. The Hall–Kier alpha value is -2.98. The second-order valence-electron chi connectivity index (χ2n) is 10.8. The van der Waals surface area contributed by atoms with Gasteiger partial charge >= 0.3 is 0 Å². The first-order valence-corrected chi connectivity index (χ1v) is 14.3. The van der Waals surface area contributed by atoms with Crippen molar-refractivity contribution in [1.82, 2.24) is 29.3 Å². The number of ether oxygens (including phenoxy) is 1. The van der Waals surface area contributed by atoms with Crippen molar-refractivity contribution in [3.63, 3.8) is 0 Å². The number of furan rings is 1. The van der Waals surface area contributed by atoms with Gasteiger partial charge in [-0.25, -0.2) is 15.0 Å². The topological polar surface area (TPSA) is 92.8 Å². The van der Waals surface area contributed by atoms with Gasteiger partial charge in [-0.3, -0.25) is 9.69 Å². The van der Waals surface area contributed by atoms with Crippen LogP contribution < -0.4 is 4.90 Å². The molecular formula is C28H39N7O3. The van der Waals surface area contributed by atoms with E-state index in [2.05, 4.69) is 24.3 Å². The summed E-state index contributed by atoms with van der Waals surface area (Å²) < 4.78 is 13.4. The Balaban J connectivity index is 1.17. The molecule has 0 spiro atoms. The van der Waals surface area contributed by atoms with E-state index in [1.165, 1.54) is 12.8 Å². The first-order valence-electron chi connectivity index (χ1n) is 14.3. The standard InChI is InChI=1S/C28H39N7O3/c36-28(34(20-23-8-5-16-38-23)12-6-10-32-14-17-37-18-15-32)22-7-4-11-33(19-22)26-25-27(30-21-29-26)35-13-3-1-2-9-24(35)31-25/h5,8,16,21-22H,1-4,6-7,9-15,17-20H2/t22-/m0/s1. The van der Waals surface area contributed by atoms with E-state index in [9.17, 15) is 4.79 Å². The molecule has 3 aromatic heterocycles. The van der Waals surface area contributed by atoms with Crippen LogP contribution in [-0.2, 0) is 29.0 Å². The molecule has 2 saturated heterocycles. The number of piperidine rings is 1. The Kier molecular flexibility index (Phi) is 7.87. The number of nitrogens with zero attached hydrogens (tertiary/aromatic N) is 7. The zero-order chi connectivity index (χ0) is 25.7. The van der Waals surface area contributed by atoms with Crippen molar-refractivity contribution in [1.29, 1.82) is 0 Å². The van der Waals surface area contributed by atoms with E-state index in [0.717, 1.165) is 113 Å². The number of aryl methyl sites for hydroxylation is 2. The number of morpholine rings is 1. The van der Waals surface area contributed by atoms with Crippen molar-refractivity contribution in [3.05, 3.63) is 36.3 Å². The molecule has 10 heteroatoms. The largest absolute Gasteiger partial charge is 0.467 e. The number of aromatic nitrogens is 4. The van der Waals surface area contributed by atoms with Gasteiger partial charge in [-0.1, -0.05) is 6.42 Å². The van der Waals surface area contributed by atoms with E-state index in [0.29, 0.717) is 13.1 Å². The molecule has 0 aliphatic carbocycles. The number of hydrogen-bond acceptors (Lipinski definition) is 8. The van der Waals surface area contributed by atoms with Gasteiger partial charge in [-0.05, 0) is 44.2 Å². The number of fused-ring (bicyclic) bond motifs is 3. The molecule has 0 N–H and O–H groups in total. The maximum absolute atomic E-state index is 13.9. The Morgan fingerprint density at radius 1 is 1.08 bits per heavy atom. The monoisotopic (exact) mass is 521 g/mol. The number of amides is 1. The van der Waals surface area contributed by atoms with Gasteiger partial charge in [-0.2, -0.15) is 0 Å².